The highest BCUT2D eigenvalue weighted by molar-refractivity contribution is 9.10. The molecule has 128 valence electrons. The van der Waals surface area contributed by atoms with Crippen LogP contribution in [0.25, 0.3) is 0 Å². The van der Waals surface area contributed by atoms with Gasteiger partial charge in [0, 0.05) is 4.47 Å². The third kappa shape index (κ3) is 3.90. The lowest BCUT2D eigenvalue weighted by Gasteiger charge is -2.12. The molecule has 0 saturated heterocycles. The Kier molecular flexibility index (Phi) is 5.55. The maximum atomic E-state index is 13.6. The predicted octanol–water partition coefficient (Wildman–Crippen LogP) is 3.70. The van der Waals surface area contributed by atoms with Crippen LogP contribution in [0.1, 0.15) is 17.3 Å². The maximum Gasteiger partial charge on any atom is 0.338 e. The number of carbonyl (C=O) groups is 1. The fourth-order valence-electron chi connectivity index (χ4n) is 1.84. The summed E-state index contributed by atoms with van der Waals surface area (Å²) in [7, 11) is -4.27. The summed E-state index contributed by atoms with van der Waals surface area (Å²) in [6.07, 6.45) is 0. The van der Waals surface area contributed by atoms with Crippen LogP contribution in [0.15, 0.2) is 45.8 Å². The summed E-state index contributed by atoms with van der Waals surface area (Å²) >= 11 is 3.04. The minimum absolute atomic E-state index is 0.0531. The lowest BCUT2D eigenvalue weighted by molar-refractivity contribution is 0.0526. The predicted molar refractivity (Wildman–Crippen MR) is 87.3 cm³/mol. The van der Waals surface area contributed by atoms with Gasteiger partial charge in [-0.1, -0.05) is 6.07 Å². The average molecular weight is 420 g/mol. The van der Waals surface area contributed by atoms with Crippen molar-refractivity contribution in [3.63, 3.8) is 0 Å². The molecule has 0 radical (unpaired) electrons. The second-order valence-corrected chi connectivity index (χ2v) is 7.07. The minimum atomic E-state index is -4.27. The Morgan fingerprint density at radius 3 is 2.38 bits per heavy atom. The normalized spacial score (nSPS) is 11.2. The molecule has 0 atom stereocenters. The molecule has 24 heavy (non-hydrogen) atoms. The zero-order chi connectivity index (χ0) is 17.9. The van der Waals surface area contributed by atoms with E-state index in [0.717, 1.165) is 24.3 Å². The molecule has 2 aromatic carbocycles. The van der Waals surface area contributed by atoms with E-state index >= 15 is 0 Å². The Hall–Kier alpha value is -2.00. The molecule has 1 N–H and O–H groups in total. The molecule has 0 amide bonds. The topological polar surface area (TPSA) is 72.5 Å². The Balaban J connectivity index is 2.38. The number of halogens is 3. The van der Waals surface area contributed by atoms with Crippen LogP contribution in [0.5, 0.6) is 0 Å². The van der Waals surface area contributed by atoms with E-state index in [0.29, 0.717) is 0 Å². The summed E-state index contributed by atoms with van der Waals surface area (Å²) in [5.74, 6) is -2.70. The average Bonchev–Trinajstić information content (AvgIpc) is 2.51. The number of hydrogen-bond donors (Lipinski definition) is 1. The number of esters is 1. The molecule has 0 aliphatic heterocycles. The first-order valence-corrected chi connectivity index (χ1v) is 8.97. The van der Waals surface area contributed by atoms with Gasteiger partial charge < -0.3 is 4.74 Å². The number of rotatable bonds is 5. The number of para-hydroxylation sites is 1. The van der Waals surface area contributed by atoms with Crippen LogP contribution in [-0.4, -0.2) is 21.0 Å². The van der Waals surface area contributed by atoms with E-state index in [1.165, 1.54) is 12.1 Å². The molecule has 0 unspecified atom stereocenters. The summed E-state index contributed by atoms with van der Waals surface area (Å²) in [6.45, 7) is 1.81. The molecule has 0 fully saturated rings. The molecule has 5 nitrogen and oxygen atoms in total. The summed E-state index contributed by atoms with van der Waals surface area (Å²) < 4.78 is 58.6. The lowest BCUT2D eigenvalue weighted by atomic mass is 10.2. The zero-order valence-corrected chi connectivity index (χ0v) is 14.7. The maximum absolute atomic E-state index is 13.6. The van der Waals surface area contributed by atoms with Crippen molar-refractivity contribution in [2.75, 3.05) is 11.3 Å². The Labute approximate surface area is 145 Å². The van der Waals surface area contributed by atoms with Gasteiger partial charge in [0.2, 0.25) is 0 Å². The first-order valence-electron chi connectivity index (χ1n) is 6.69. The molecule has 0 bridgehead atoms. The van der Waals surface area contributed by atoms with E-state index in [-0.39, 0.29) is 21.5 Å². The van der Waals surface area contributed by atoms with Crippen molar-refractivity contribution in [3.8, 4) is 0 Å². The molecule has 2 aromatic rings. The van der Waals surface area contributed by atoms with E-state index in [9.17, 15) is 22.0 Å². The third-order valence-corrected chi connectivity index (χ3v) is 5.26. The van der Waals surface area contributed by atoms with Crippen molar-refractivity contribution in [1.29, 1.82) is 0 Å². The van der Waals surface area contributed by atoms with E-state index in [1.54, 1.807) is 6.92 Å². The molecule has 0 aliphatic rings. The fraction of sp³-hybridized carbons (Fsp3) is 0.133. The van der Waals surface area contributed by atoms with Crippen LogP contribution < -0.4 is 4.72 Å². The Morgan fingerprint density at radius 2 is 1.83 bits per heavy atom. The van der Waals surface area contributed by atoms with Gasteiger partial charge in [-0.05, 0) is 53.2 Å². The highest BCUT2D eigenvalue weighted by Gasteiger charge is 2.22. The summed E-state index contributed by atoms with van der Waals surface area (Å²) in [4.78, 5) is 11.4. The van der Waals surface area contributed by atoms with Crippen molar-refractivity contribution < 1.29 is 26.7 Å². The molecule has 0 aromatic heterocycles. The molecule has 2 rings (SSSR count). The first kappa shape index (κ1) is 18.3. The van der Waals surface area contributed by atoms with E-state index in [2.05, 4.69) is 15.9 Å². The lowest BCUT2D eigenvalue weighted by Crippen LogP contribution is -2.16. The fourth-order valence-corrected chi connectivity index (χ4v) is 4.00. The van der Waals surface area contributed by atoms with Crippen molar-refractivity contribution in [2.45, 2.75) is 11.8 Å². The Bertz CT molecular complexity index is 867. The highest BCUT2D eigenvalue weighted by Crippen LogP contribution is 2.27. The van der Waals surface area contributed by atoms with Crippen LogP contribution in [0.4, 0.5) is 14.5 Å². The molecular formula is C15H12BrF2NO4S. The quantitative estimate of drug-likeness (QED) is 0.749. The zero-order valence-electron chi connectivity index (χ0n) is 12.3. The van der Waals surface area contributed by atoms with Crippen LogP contribution in [0.3, 0.4) is 0 Å². The Morgan fingerprint density at radius 1 is 1.21 bits per heavy atom. The van der Waals surface area contributed by atoms with Gasteiger partial charge in [0.15, 0.2) is 0 Å². The molecule has 0 aliphatic carbocycles. The van der Waals surface area contributed by atoms with Gasteiger partial charge in [0.05, 0.1) is 12.2 Å². The van der Waals surface area contributed by atoms with Crippen LogP contribution >= 0.6 is 15.9 Å². The van der Waals surface area contributed by atoms with E-state index in [4.69, 9.17) is 4.74 Å². The van der Waals surface area contributed by atoms with Gasteiger partial charge in [-0.3, -0.25) is 4.72 Å². The molecule has 9 heteroatoms. The van der Waals surface area contributed by atoms with Gasteiger partial charge in [-0.2, -0.15) is 0 Å². The van der Waals surface area contributed by atoms with Gasteiger partial charge in [0.1, 0.15) is 22.2 Å². The van der Waals surface area contributed by atoms with Crippen LogP contribution in [0, 0.1) is 11.6 Å². The number of nitrogens with one attached hydrogen (secondary N) is 1. The van der Waals surface area contributed by atoms with E-state index < -0.39 is 33.3 Å². The number of benzene rings is 2. The van der Waals surface area contributed by atoms with Crippen molar-refractivity contribution in [3.05, 3.63) is 58.1 Å². The van der Waals surface area contributed by atoms with Gasteiger partial charge >= 0.3 is 5.97 Å². The first-order chi connectivity index (χ1) is 11.3. The number of sulfonamides is 1. The molecule has 0 spiro atoms. The second kappa shape index (κ2) is 7.27. The highest BCUT2D eigenvalue weighted by atomic mass is 79.9. The standard InChI is InChI=1S/C15H12BrF2NO4S/c1-2-23-15(20)9-6-7-13(10(16)8-9)24(21,22)19-14-11(17)4-3-5-12(14)18/h3-8,19H,2H2,1H3. The summed E-state index contributed by atoms with van der Waals surface area (Å²) in [5.41, 5.74) is -0.640. The second-order valence-electron chi connectivity index (χ2n) is 4.57. The molecule has 0 heterocycles. The van der Waals surface area contributed by atoms with Crippen LogP contribution in [-0.2, 0) is 14.8 Å². The number of hydrogen-bond acceptors (Lipinski definition) is 4. The van der Waals surface area contributed by atoms with Gasteiger partial charge in [0.25, 0.3) is 10.0 Å². The molecular weight excluding hydrogens is 408 g/mol. The van der Waals surface area contributed by atoms with Gasteiger partial charge in [-0.15, -0.1) is 0 Å². The monoisotopic (exact) mass is 419 g/mol. The molecule has 0 saturated carbocycles. The summed E-state index contributed by atoms with van der Waals surface area (Å²) in [6, 6.07) is 6.61. The number of ether oxygens (including phenoxy) is 1. The number of anilines is 1. The van der Waals surface area contributed by atoms with E-state index in [1.807, 2.05) is 4.72 Å². The van der Waals surface area contributed by atoms with Crippen molar-refractivity contribution in [1.82, 2.24) is 0 Å². The minimum Gasteiger partial charge on any atom is -0.462 e. The summed E-state index contributed by atoms with van der Waals surface area (Å²) in [5, 5.41) is 0. The third-order valence-electron chi connectivity index (χ3n) is 2.93. The smallest absolute Gasteiger partial charge is 0.338 e. The van der Waals surface area contributed by atoms with Crippen molar-refractivity contribution in [2.24, 2.45) is 0 Å². The van der Waals surface area contributed by atoms with Crippen LogP contribution in [0.2, 0.25) is 0 Å². The van der Waals surface area contributed by atoms with Gasteiger partial charge in [-0.25, -0.2) is 22.0 Å². The SMILES string of the molecule is CCOC(=O)c1ccc(S(=O)(=O)Nc2c(F)cccc2F)c(Br)c1. The largest absolute Gasteiger partial charge is 0.462 e. The van der Waals surface area contributed by atoms with Crippen molar-refractivity contribution >= 4 is 37.6 Å². The number of carbonyl (C=O) groups excluding carboxylic acids is 1.